The smallest absolute Gasteiger partial charge is 0.469 e. The van der Waals surface area contributed by atoms with Crippen molar-refractivity contribution in [2.24, 2.45) is 44.6 Å². The second-order valence-corrected chi connectivity index (χ2v) is 14.4. The number of carboxylic acids is 1. The van der Waals surface area contributed by atoms with Gasteiger partial charge in [-0.05, 0) is 37.2 Å². The predicted molar refractivity (Wildman–Crippen MR) is 210 cm³/mol. The van der Waals surface area contributed by atoms with E-state index < -0.39 is 98.7 Å². The highest BCUT2D eigenvalue weighted by Gasteiger charge is 2.34. The van der Waals surface area contributed by atoms with Crippen LogP contribution in [0, 0.1) is 5.92 Å². The molecular weight excluding hydrogens is 787 g/mol. The third-order valence-corrected chi connectivity index (χ3v) is 8.92. The average Bonchev–Trinajstić information content (AvgIpc) is 3.15. The molecule has 0 aromatic heterocycles. The Morgan fingerprint density at radius 2 is 1.22 bits per heavy atom. The number of rotatable bonds is 27. The Kier molecular flexibility index (Phi) is 22.5. The van der Waals surface area contributed by atoms with Gasteiger partial charge in [0.15, 0.2) is 11.9 Å². The van der Waals surface area contributed by atoms with Gasteiger partial charge in [0.1, 0.15) is 30.2 Å². The third-order valence-electron chi connectivity index (χ3n) is 8.43. The predicted octanol–water partition coefficient (Wildman–Crippen LogP) is -4.68. The number of carboxylic acid groups (broad SMARTS) is 1. The number of benzene rings is 1. The molecule has 0 aliphatic rings. The molecule has 0 aliphatic carbocycles. The van der Waals surface area contributed by atoms with E-state index in [-0.39, 0.29) is 50.7 Å². The van der Waals surface area contributed by atoms with Crippen molar-refractivity contribution in [2.75, 3.05) is 26.3 Å². The second-order valence-electron chi connectivity index (χ2n) is 13.1. The molecule has 19 N–H and O–H groups in total. The van der Waals surface area contributed by atoms with Gasteiger partial charge in [0.25, 0.3) is 0 Å². The van der Waals surface area contributed by atoms with Gasteiger partial charge >= 0.3 is 13.8 Å². The van der Waals surface area contributed by atoms with Crippen LogP contribution in [-0.2, 0) is 44.3 Å². The maximum absolute atomic E-state index is 13.6. The highest BCUT2D eigenvalue weighted by atomic mass is 31.2. The van der Waals surface area contributed by atoms with Gasteiger partial charge in [-0.15, -0.1) is 0 Å². The van der Waals surface area contributed by atoms with Crippen LogP contribution in [0.1, 0.15) is 51.5 Å². The molecule has 0 spiro atoms. The minimum absolute atomic E-state index is 0.0168. The fourth-order valence-corrected chi connectivity index (χ4v) is 5.41. The number of aliphatic hydroxyl groups excluding tert-OH is 1. The Morgan fingerprint density at radius 1 is 0.741 bits per heavy atom. The number of carbonyl (C=O) groups is 6. The van der Waals surface area contributed by atoms with Gasteiger partial charge in [-0.1, -0.05) is 50.6 Å². The second kappa shape index (κ2) is 25.8. The molecule has 0 fully saturated rings. The number of aliphatic carboxylic acids is 1. The molecule has 0 aliphatic heterocycles. The number of hydrogen-bond donors (Lipinski definition) is 14. The van der Waals surface area contributed by atoms with Crippen LogP contribution in [0.15, 0.2) is 40.3 Å². The van der Waals surface area contributed by atoms with Crippen LogP contribution in [0.3, 0.4) is 0 Å². The van der Waals surface area contributed by atoms with E-state index >= 15 is 0 Å². The highest BCUT2D eigenvalue weighted by molar-refractivity contribution is 7.46. The summed E-state index contributed by atoms with van der Waals surface area (Å²) >= 11 is 0. The van der Waals surface area contributed by atoms with E-state index in [1.54, 1.807) is 44.2 Å². The Balaban J connectivity index is 3.32. The van der Waals surface area contributed by atoms with E-state index in [9.17, 15) is 53.3 Å². The van der Waals surface area contributed by atoms with Gasteiger partial charge in [0.2, 0.25) is 29.5 Å². The Bertz CT molecular complexity index is 1620. The molecule has 0 saturated carbocycles. The van der Waals surface area contributed by atoms with Crippen molar-refractivity contribution in [3.05, 3.63) is 35.9 Å². The summed E-state index contributed by atoms with van der Waals surface area (Å²) in [6.45, 7) is 1.29. The number of nitrogens with one attached hydrogen (secondary N) is 5. The lowest BCUT2D eigenvalue weighted by molar-refractivity contribution is -0.144. The molecule has 0 radical (unpaired) electrons. The molecule has 1 aromatic rings. The monoisotopic (exact) mass is 844 g/mol. The van der Waals surface area contributed by atoms with Crippen molar-refractivity contribution in [3.63, 3.8) is 0 Å². The van der Waals surface area contributed by atoms with Gasteiger partial charge in [0, 0.05) is 19.5 Å². The maximum Gasteiger partial charge on any atom is 0.469 e. The van der Waals surface area contributed by atoms with Crippen molar-refractivity contribution in [3.8, 4) is 0 Å². The Hall–Kier alpha value is -5.39. The first-order valence-corrected chi connectivity index (χ1v) is 19.7. The van der Waals surface area contributed by atoms with E-state index in [1.807, 2.05) is 0 Å². The van der Waals surface area contributed by atoms with Crippen molar-refractivity contribution >= 4 is 55.2 Å². The minimum atomic E-state index is -5.26. The first-order chi connectivity index (χ1) is 27.2. The molecule has 58 heavy (non-hydrogen) atoms. The molecule has 0 saturated heterocycles. The standard InChI is InChI=1S/C33H57N12O12P/c1-3-18(2)25(31(52)53)45-28(49)22(15-19-9-5-4-6-10-19)42-29(50)23(16-46)43-30(51)24(17-57-58(54,55)56)44-27(48)21(12-8-14-40-33(37)38)41-26(47)20(34)11-7-13-39-32(35)36/h4-6,9-10,18,20-25,46H,3,7-8,11-17,34H2,1-2H3,(H,41,47)(H,42,50)(H,43,51)(H,44,48)(H,45,49)(H,52,53)(H4,35,36,39)(H4,37,38,40)(H2,54,55,56)/t18-,20-,21-,22-,23-,24-,25-/m0/s1. The first kappa shape index (κ1) is 50.6. The number of aliphatic imine (C=N–C) groups is 2. The number of nitrogens with zero attached hydrogens (tertiary/aromatic N) is 2. The van der Waals surface area contributed by atoms with Crippen LogP contribution in [0.4, 0.5) is 0 Å². The quantitative estimate of drug-likeness (QED) is 0.0171. The number of carbonyl (C=O) groups excluding carboxylic acids is 5. The van der Waals surface area contributed by atoms with E-state index in [1.165, 1.54) is 0 Å². The van der Waals surface area contributed by atoms with Crippen molar-refractivity contribution in [2.45, 2.75) is 88.6 Å². The molecule has 0 bridgehead atoms. The SMILES string of the molecule is CC[C@H](C)[C@H](NC(=O)[C@H](Cc1ccccc1)NC(=O)[C@H](CO)NC(=O)[C@H](COP(=O)(O)O)NC(=O)[C@H](CCCN=C(N)N)NC(=O)[C@@H](N)CCCN=C(N)N)C(=O)O. The van der Waals surface area contributed by atoms with Crippen LogP contribution in [0.2, 0.25) is 0 Å². The summed E-state index contributed by atoms with van der Waals surface area (Å²) in [5.41, 5.74) is 27.8. The molecule has 1 rings (SSSR count). The van der Waals surface area contributed by atoms with Gasteiger partial charge in [-0.25, -0.2) is 9.36 Å². The van der Waals surface area contributed by atoms with Crippen LogP contribution in [-0.4, -0.2) is 130 Å². The van der Waals surface area contributed by atoms with Gasteiger partial charge in [0.05, 0.1) is 19.3 Å². The lowest BCUT2D eigenvalue weighted by atomic mass is 9.98. The van der Waals surface area contributed by atoms with E-state index in [0.717, 1.165) is 0 Å². The molecule has 25 heteroatoms. The zero-order chi connectivity index (χ0) is 44.0. The van der Waals surface area contributed by atoms with Gasteiger partial charge in [-0.3, -0.25) is 38.5 Å². The number of hydrogen-bond acceptors (Lipinski definition) is 12. The lowest BCUT2D eigenvalue weighted by Crippen LogP contribution is -2.61. The third kappa shape index (κ3) is 20.2. The van der Waals surface area contributed by atoms with Crippen LogP contribution < -0.4 is 55.3 Å². The van der Waals surface area contributed by atoms with Crippen molar-refractivity contribution < 1.29 is 57.9 Å². The summed E-state index contributed by atoms with van der Waals surface area (Å²) in [6.07, 6.45) is 0.643. The van der Waals surface area contributed by atoms with Crippen molar-refractivity contribution in [1.82, 2.24) is 26.6 Å². The molecule has 326 valence electrons. The summed E-state index contributed by atoms with van der Waals surface area (Å²) in [5, 5.41) is 31.5. The summed E-state index contributed by atoms with van der Waals surface area (Å²) in [5.74, 6) is -7.35. The van der Waals surface area contributed by atoms with Crippen LogP contribution in [0.5, 0.6) is 0 Å². The van der Waals surface area contributed by atoms with Gasteiger partial charge < -0.3 is 75.3 Å². The molecule has 24 nitrogen and oxygen atoms in total. The number of nitrogens with two attached hydrogens (primary N) is 5. The number of guanidine groups is 2. The molecule has 1 aromatic carbocycles. The van der Waals surface area contributed by atoms with E-state index in [4.69, 9.17) is 28.7 Å². The summed E-state index contributed by atoms with van der Waals surface area (Å²) < 4.78 is 16.1. The minimum Gasteiger partial charge on any atom is -0.480 e. The molecule has 0 unspecified atom stereocenters. The Labute approximate surface area is 334 Å². The zero-order valence-corrected chi connectivity index (χ0v) is 33.2. The normalized spacial score (nSPS) is 14.8. The maximum atomic E-state index is 13.6. The topological polar surface area (TPSA) is 425 Å². The zero-order valence-electron chi connectivity index (χ0n) is 32.3. The number of phosphoric ester groups is 1. The van der Waals surface area contributed by atoms with Crippen LogP contribution in [0.25, 0.3) is 0 Å². The number of phosphoric acid groups is 1. The fourth-order valence-electron chi connectivity index (χ4n) is 5.06. The molecule has 7 atom stereocenters. The first-order valence-electron chi connectivity index (χ1n) is 18.1. The lowest BCUT2D eigenvalue weighted by Gasteiger charge is -2.27. The fraction of sp³-hybridized carbons (Fsp3) is 0.576. The number of aliphatic hydroxyl groups is 1. The molecule has 0 heterocycles. The van der Waals surface area contributed by atoms with E-state index in [0.29, 0.717) is 18.4 Å². The van der Waals surface area contributed by atoms with E-state index in [2.05, 4.69) is 41.1 Å². The Morgan fingerprint density at radius 3 is 1.74 bits per heavy atom. The van der Waals surface area contributed by atoms with Crippen molar-refractivity contribution in [1.29, 1.82) is 0 Å². The summed E-state index contributed by atoms with van der Waals surface area (Å²) in [6, 6.07) is -0.732. The molecule has 5 amide bonds. The highest BCUT2D eigenvalue weighted by Crippen LogP contribution is 2.35. The van der Waals surface area contributed by atoms with Crippen LogP contribution >= 0.6 is 7.82 Å². The summed E-state index contributed by atoms with van der Waals surface area (Å²) in [4.78, 5) is 105. The van der Waals surface area contributed by atoms with Gasteiger partial charge in [-0.2, -0.15) is 0 Å². The summed E-state index contributed by atoms with van der Waals surface area (Å²) in [7, 11) is -5.26. The number of amides is 5. The molecular formula is C33H57N12O12P. The average molecular weight is 845 g/mol. The largest absolute Gasteiger partial charge is 0.480 e.